The molecule has 52 heavy (non-hydrogen) atoms. The van der Waals surface area contributed by atoms with E-state index in [1.165, 1.54) is 122 Å². The summed E-state index contributed by atoms with van der Waals surface area (Å²) in [6.07, 6.45) is 33.8. The topological polar surface area (TPSA) is 78.9 Å². The highest BCUT2D eigenvalue weighted by molar-refractivity contribution is 5.71. The monoisotopic (exact) mass is 737 g/mol. The summed E-state index contributed by atoms with van der Waals surface area (Å²) in [7, 11) is 0. The van der Waals surface area contributed by atoms with Gasteiger partial charge in [0.1, 0.15) is 13.2 Å². The van der Waals surface area contributed by atoms with Gasteiger partial charge in [0.05, 0.1) is 0 Å². The predicted molar refractivity (Wildman–Crippen MR) is 219 cm³/mol. The van der Waals surface area contributed by atoms with Crippen molar-refractivity contribution in [2.24, 2.45) is 17.8 Å². The molecule has 0 aliphatic heterocycles. The number of carbonyl (C=O) groups excluding carboxylic acids is 3. The van der Waals surface area contributed by atoms with Gasteiger partial charge in [0.25, 0.3) is 0 Å². The van der Waals surface area contributed by atoms with Gasteiger partial charge in [0, 0.05) is 19.3 Å². The van der Waals surface area contributed by atoms with Crippen LogP contribution in [0.1, 0.15) is 241 Å². The van der Waals surface area contributed by atoms with Crippen molar-refractivity contribution in [1.82, 2.24) is 0 Å². The average molecular weight is 737 g/mol. The first-order valence-corrected chi connectivity index (χ1v) is 22.7. The van der Waals surface area contributed by atoms with Crippen LogP contribution in [0.25, 0.3) is 0 Å². The summed E-state index contributed by atoms with van der Waals surface area (Å²) >= 11 is 0. The van der Waals surface area contributed by atoms with Gasteiger partial charge in [0.15, 0.2) is 6.10 Å². The Morgan fingerprint density at radius 2 is 0.673 bits per heavy atom. The van der Waals surface area contributed by atoms with Crippen LogP contribution in [0.5, 0.6) is 0 Å². The van der Waals surface area contributed by atoms with E-state index in [0.717, 1.165) is 75.5 Å². The van der Waals surface area contributed by atoms with Gasteiger partial charge in [0.2, 0.25) is 0 Å². The molecular formula is C46H88O6. The number of esters is 3. The quantitative estimate of drug-likeness (QED) is 0.0355. The molecule has 0 aromatic carbocycles. The Bertz CT molecular complexity index is 811. The molecule has 0 aliphatic rings. The van der Waals surface area contributed by atoms with E-state index >= 15 is 0 Å². The summed E-state index contributed by atoms with van der Waals surface area (Å²) in [5.41, 5.74) is 0. The molecule has 6 heteroatoms. The lowest BCUT2D eigenvalue weighted by atomic mass is 9.99. The minimum atomic E-state index is -0.762. The Balaban J connectivity index is 4.34. The Morgan fingerprint density at radius 3 is 1.00 bits per heavy atom. The van der Waals surface area contributed by atoms with Gasteiger partial charge >= 0.3 is 17.9 Å². The number of carbonyl (C=O) groups is 3. The highest BCUT2D eigenvalue weighted by Crippen LogP contribution is 2.17. The van der Waals surface area contributed by atoms with Gasteiger partial charge in [-0.2, -0.15) is 0 Å². The lowest BCUT2D eigenvalue weighted by Gasteiger charge is -2.18. The van der Waals surface area contributed by atoms with E-state index in [9.17, 15) is 14.4 Å². The maximum atomic E-state index is 12.7. The van der Waals surface area contributed by atoms with E-state index < -0.39 is 6.10 Å². The summed E-state index contributed by atoms with van der Waals surface area (Å²) in [4.78, 5) is 37.7. The molecule has 0 heterocycles. The number of rotatable bonds is 39. The first-order chi connectivity index (χ1) is 25.2. The predicted octanol–water partition coefficient (Wildman–Crippen LogP) is 14.0. The largest absolute Gasteiger partial charge is 0.462 e. The van der Waals surface area contributed by atoms with E-state index in [2.05, 4.69) is 41.5 Å². The summed E-state index contributed by atoms with van der Waals surface area (Å²) in [5.74, 6) is 1.59. The van der Waals surface area contributed by atoms with Crippen LogP contribution < -0.4 is 0 Å². The molecule has 0 aromatic rings. The van der Waals surface area contributed by atoms with Gasteiger partial charge in [-0.15, -0.1) is 0 Å². The van der Waals surface area contributed by atoms with Crippen molar-refractivity contribution in [1.29, 1.82) is 0 Å². The molecule has 308 valence electrons. The molecule has 0 fully saturated rings. The van der Waals surface area contributed by atoms with Crippen LogP contribution in [0.15, 0.2) is 0 Å². The fraction of sp³-hybridized carbons (Fsp3) is 0.935. The number of ether oxygens (including phenoxy) is 3. The Hall–Kier alpha value is -1.59. The Kier molecular flexibility index (Phi) is 36.6. The van der Waals surface area contributed by atoms with Gasteiger partial charge in [-0.3, -0.25) is 14.4 Å². The molecule has 0 radical (unpaired) electrons. The number of unbranched alkanes of at least 4 members (excludes halogenated alkanes) is 20. The second-order valence-electron chi connectivity index (χ2n) is 16.6. The molecule has 2 unspecified atom stereocenters. The molecule has 3 atom stereocenters. The zero-order valence-corrected chi connectivity index (χ0v) is 35.6. The van der Waals surface area contributed by atoms with Crippen molar-refractivity contribution in [2.75, 3.05) is 13.2 Å². The summed E-state index contributed by atoms with van der Waals surface area (Å²) in [6.45, 7) is 13.6. The van der Waals surface area contributed by atoms with Crippen LogP contribution in [-0.2, 0) is 28.6 Å². The smallest absolute Gasteiger partial charge is 0.306 e. The van der Waals surface area contributed by atoms with E-state index in [4.69, 9.17) is 14.2 Å². The van der Waals surface area contributed by atoms with Crippen LogP contribution in [0.3, 0.4) is 0 Å². The van der Waals surface area contributed by atoms with Crippen LogP contribution in [0, 0.1) is 17.8 Å². The van der Waals surface area contributed by atoms with Gasteiger partial charge in [-0.1, -0.05) is 202 Å². The summed E-state index contributed by atoms with van der Waals surface area (Å²) < 4.78 is 16.7. The maximum Gasteiger partial charge on any atom is 0.306 e. The first-order valence-electron chi connectivity index (χ1n) is 22.7. The average Bonchev–Trinajstić information content (AvgIpc) is 3.12. The van der Waals surface area contributed by atoms with Crippen molar-refractivity contribution in [3.8, 4) is 0 Å². The van der Waals surface area contributed by atoms with Crippen LogP contribution in [0.4, 0.5) is 0 Å². The molecule has 0 saturated heterocycles. The summed E-state index contributed by atoms with van der Waals surface area (Å²) in [6, 6.07) is 0. The van der Waals surface area contributed by atoms with Crippen molar-refractivity contribution in [2.45, 2.75) is 247 Å². The van der Waals surface area contributed by atoms with Gasteiger partial charge in [-0.25, -0.2) is 0 Å². The number of hydrogen-bond acceptors (Lipinski definition) is 6. The highest BCUT2D eigenvalue weighted by atomic mass is 16.6. The van der Waals surface area contributed by atoms with Crippen molar-refractivity contribution >= 4 is 17.9 Å². The third-order valence-corrected chi connectivity index (χ3v) is 10.9. The molecule has 6 nitrogen and oxygen atoms in total. The highest BCUT2D eigenvalue weighted by Gasteiger charge is 2.19. The number of hydrogen-bond donors (Lipinski definition) is 0. The Morgan fingerprint density at radius 1 is 0.385 bits per heavy atom. The van der Waals surface area contributed by atoms with E-state index in [-0.39, 0.29) is 31.1 Å². The van der Waals surface area contributed by atoms with E-state index in [1.54, 1.807) is 0 Å². The van der Waals surface area contributed by atoms with E-state index in [1.807, 2.05) is 0 Å². The van der Waals surface area contributed by atoms with Crippen LogP contribution >= 0.6 is 0 Å². The Labute approximate surface area is 323 Å². The van der Waals surface area contributed by atoms with Gasteiger partial charge in [-0.05, 0) is 37.0 Å². The fourth-order valence-electron chi connectivity index (χ4n) is 6.64. The lowest BCUT2D eigenvalue weighted by Crippen LogP contribution is -2.30. The molecule has 0 amide bonds. The molecule has 0 N–H and O–H groups in total. The molecule has 0 bridgehead atoms. The lowest BCUT2D eigenvalue weighted by molar-refractivity contribution is -0.167. The zero-order valence-electron chi connectivity index (χ0n) is 35.6. The molecular weight excluding hydrogens is 648 g/mol. The van der Waals surface area contributed by atoms with Crippen LogP contribution in [-0.4, -0.2) is 37.2 Å². The summed E-state index contributed by atoms with van der Waals surface area (Å²) in [5, 5.41) is 0. The van der Waals surface area contributed by atoms with Crippen molar-refractivity contribution in [3.63, 3.8) is 0 Å². The normalized spacial score (nSPS) is 13.2. The van der Waals surface area contributed by atoms with E-state index in [0.29, 0.717) is 19.3 Å². The third kappa shape index (κ3) is 36.8. The molecule has 0 saturated carbocycles. The molecule has 0 spiro atoms. The standard InChI is InChI=1S/C46H88O6/c1-7-41(5)33-27-21-15-11-9-10-12-16-23-29-35-44(47)50-38-43(52-46(49)37-31-25-17-13-14-20-26-32-40(3)4)39-51-45(48)36-30-24-19-18-22-28-34-42(6)8-2/h40-43H,7-39H2,1-6H3/t41?,42?,43-/m1/s1. The van der Waals surface area contributed by atoms with Crippen molar-refractivity contribution < 1.29 is 28.6 Å². The van der Waals surface area contributed by atoms with Crippen LogP contribution in [0.2, 0.25) is 0 Å². The fourth-order valence-corrected chi connectivity index (χ4v) is 6.64. The first kappa shape index (κ1) is 50.4. The maximum absolute atomic E-state index is 12.7. The SMILES string of the molecule is CCC(C)CCCCCCCCCCCCC(=O)OC[C@H](COC(=O)CCCCCCCCC(C)CC)OC(=O)CCCCCCCCCC(C)C. The van der Waals surface area contributed by atoms with Crippen molar-refractivity contribution in [3.05, 3.63) is 0 Å². The molecule has 0 rings (SSSR count). The molecule has 0 aliphatic carbocycles. The zero-order chi connectivity index (χ0) is 38.5. The minimum Gasteiger partial charge on any atom is -0.462 e. The molecule has 0 aromatic heterocycles. The third-order valence-electron chi connectivity index (χ3n) is 10.9. The minimum absolute atomic E-state index is 0.0672. The van der Waals surface area contributed by atoms with Gasteiger partial charge < -0.3 is 14.2 Å². The second kappa shape index (κ2) is 37.7. The second-order valence-corrected chi connectivity index (χ2v) is 16.6.